The quantitative estimate of drug-likeness (QED) is 0.712. The van der Waals surface area contributed by atoms with Gasteiger partial charge < -0.3 is 5.11 Å². The Bertz CT molecular complexity index is 344. The van der Waals surface area contributed by atoms with Gasteiger partial charge in [-0.15, -0.1) is 0 Å². The Hall–Kier alpha value is -0.560. The van der Waals surface area contributed by atoms with Gasteiger partial charge in [0.05, 0.1) is 5.60 Å². The van der Waals surface area contributed by atoms with Gasteiger partial charge >= 0.3 is 0 Å². The van der Waals surface area contributed by atoms with Gasteiger partial charge in [0.2, 0.25) is 0 Å². The monoisotopic (exact) mass is 220 g/mol. The molecule has 0 aliphatic heterocycles. The largest absolute Gasteiger partial charge is 0.390 e. The van der Waals surface area contributed by atoms with Crippen molar-refractivity contribution in [1.82, 2.24) is 0 Å². The standard InChI is InChI=1S/C15H24O/c1-10(2)12-7-8-15(4,16)14-6-5-11(3)13(14)9-12/h9-10,14,16H,5-8H2,1-4H3/t14-,15-/m1/s1. The summed E-state index contributed by atoms with van der Waals surface area (Å²) in [4.78, 5) is 0. The van der Waals surface area contributed by atoms with Crippen LogP contribution in [0.4, 0.5) is 0 Å². The Kier molecular flexibility index (Phi) is 3.00. The highest BCUT2D eigenvalue weighted by atomic mass is 16.3. The Morgan fingerprint density at radius 1 is 1.38 bits per heavy atom. The van der Waals surface area contributed by atoms with Crippen LogP contribution >= 0.6 is 0 Å². The summed E-state index contributed by atoms with van der Waals surface area (Å²) in [5.41, 5.74) is 3.94. The van der Waals surface area contributed by atoms with Crippen molar-refractivity contribution in [2.75, 3.05) is 0 Å². The van der Waals surface area contributed by atoms with Crippen molar-refractivity contribution < 1.29 is 5.11 Å². The molecule has 2 atom stereocenters. The normalized spacial score (nSPS) is 35.1. The lowest BCUT2D eigenvalue weighted by molar-refractivity contribution is 0.00856. The molecule has 2 aliphatic rings. The molecule has 0 saturated heterocycles. The lowest BCUT2D eigenvalue weighted by Crippen LogP contribution is -2.33. The highest BCUT2D eigenvalue weighted by Gasteiger charge is 2.39. The molecule has 0 unspecified atom stereocenters. The van der Waals surface area contributed by atoms with E-state index in [-0.39, 0.29) is 0 Å². The molecule has 1 N–H and O–H groups in total. The van der Waals surface area contributed by atoms with Crippen molar-refractivity contribution in [2.24, 2.45) is 11.8 Å². The number of aliphatic hydroxyl groups is 1. The molecule has 0 bridgehead atoms. The summed E-state index contributed by atoms with van der Waals surface area (Å²) in [6.07, 6.45) is 6.66. The third kappa shape index (κ3) is 1.98. The summed E-state index contributed by atoms with van der Waals surface area (Å²) in [7, 11) is 0. The molecule has 2 rings (SSSR count). The zero-order chi connectivity index (χ0) is 11.9. The third-order valence-corrected chi connectivity index (χ3v) is 4.43. The van der Waals surface area contributed by atoms with Crippen molar-refractivity contribution in [3.05, 3.63) is 22.8 Å². The Morgan fingerprint density at radius 2 is 2.06 bits per heavy atom. The van der Waals surface area contributed by atoms with Gasteiger partial charge in [-0.3, -0.25) is 0 Å². The maximum absolute atomic E-state index is 10.6. The summed E-state index contributed by atoms with van der Waals surface area (Å²) in [5, 5.41) is 10.6. The van der Waals surface area contributed by atoms with Gasteiger partial charge in [-0.1, -0.05) is 31.1 Å². The van der Waals surface area contributed by atoms with Gasteiger partial charge in [0.1, 0.15) is 0 Å². The van der Waals surface area contributed by atoms with E-state index in [0.29, 0.717) is 11.8 Å². The fraction of sp³-hybridized carbons (Fsp3) is 0.733. The number of allylic oxidation sites excluding steroid dienone is 3. The molecule has 1 nitrogen and oxygen atoms in total. The summed E-state index contributed by atoms with van der Waals surface area (Å²) in [6.45, 7) is 8.76. The number of rotatable bonds is 1. The molecule has 0 aromatic carbocycles. The minimum atomic E-state index is -0.500. The number of fused-ring (bicyclic) bond motifs is 1. The van der Waals surface area contributed by atoms with E-state index in [1.807, 2.05) is 6.92 Å². The van der Waals surface area contributed by atoms with Gasteiger partial charge in [0.25, 0.3) is 0 Å². The van der Waals surface area contributed by atoms with Crippen LogP contribution in [-0.2, 0) is 0 Å². The second-order valence-corrected chi connectivity index (χ2v) is 6.06. The van der Waals surface area contributed by atoms with Crippen LogP contribution in [0.5, 0.6) is 0 Å². The molecule has 0 amide bonds. The van der Waals surface area contributed by atoms with E-state index in [2.05, 4.69) is 26.8 Å². The smallest absolute Gasteiger partial charge is 0.0691 e. The van der Waals surface area contributed by atoms with E-state index in [9.17, 15) is 5.11 Å². The van der Waals surface area contributed by atoms with Crippen molar-refractivity contribution >= 4 is 0 Å². The molecule has 0 spiro atoms. The van der Waals surface area contributed by atoms with Gasteiger partial charge in [-0.2, -0.15) is 0 Å². The van der Waals surface area contributed by atoms with Gasteiger partial charge in [-0.05, 0) is 51.0 Å². The van der Waals surface area contributed by atoms with E-state index in [1.54, 1.807) is 0 Å². The van der Waals surface area contributed by atoms with Crippen LogP contribution in [0.15, 0.2) is 22.8 Å². The SMILES string of the molecule is CC1=C2C=C(C(C)C)CC[C@@](C)(O)[C@@H]2CC1. The summed E-state index contributed by atoms with van der Waals surface area (Å²) in [6, 6.07) is 0. The number of hydrogen-bond donors (Lipinski definition) is 1. The fourth-order valence-corrected chi connectivity index (χ4v) is 3.13. The van der Waals surface area contributed by atoms with Crippen LogP contribution in [0.1, 0.15) is 53.4 Å². The molecule has 90 valence electrons. The zero-order valence-corrected chi connectivity index (χ0v) is 11.0. The Balaban J connectivity index is 2.40. The maximum atomic E-state index is 10.6. The van der Waals surface area contributed by atoms with Crippen LogP contribution < -0.4 is 0 Å². The molecule has 1 heteroatoms. The molecular formula is C15H24O. The van der Waals surface area contributed by atoms with Crippen LogP contribution in [0.25, 0.3) is 0 Å². The topological polar surface area (TPSA) is 20.2 Å². The average molecular weight is 220 g/mol. The van der Waals surface area contributed by atoms with E-state index in [1.165, 1.54) is 16.7 Å². The van der Waals surface area contributed by atoms with Crippen LogP contribution in [0, 0.1) is 11.8 Å². The molecular weight excluding hydrogens is 196 g/mol. The minimum absolute atomic E-state index is 0.378. The van der Waals surface area contributed by atoms with E-state index in [0.717, 1.165) is 25.7 Å². The fourth-order valence-electron chi connectivity index (χ4n) is 3.13. The summed E-state index contributed by atoms with van der Waals surface area (Å²) >= 11 is 0. The maximum Gasteiger partial charge on any atom is 0.0691 e. The first-order valence-corrected chi connectivity index (χ1v) is 6.54. The first-order chi connectivity index (χ1) is 7.42. The van der Waals surface area contributed by atoms with Crippen molar-refractivity contribution in [1.29, 1.82) is 0 Å². The van der Waals surface area contributed by atoms with Crippen LogP contribution in [-0.4, -0.2) is 10.7 Å². The first kappa shape index (κ1) is 11.9. The van der Waals surface area contributed by atoms with Crippen LogP contribution in [0.3, 0.4) is 0 Å². The third-order valence-electron chi connectivity index (χ3n) is 4.43. The molecule has 0 aromatic rings. The molecule has 0 saturated carbocycles. The van der Waals surface area contributed by atoms with Crippen LogP contribution in [0.2, 0.25) is 0 Å². The average Bonchev–Trinajstić information content (AvgIpc) is 2.47. The second kappa shape index (κ2) is 4.03. The van der Waals surface area contributed by atoms with Crippen molar-refractivity contribution in [3.8, 4) is 0 Å². The van der Waals surface area contributed by atoms with Gasteiger partial charge in [0.15, 0.2) is 0 Å². The molecule has 16 heavy (non-hydrogen) atoms. The zero-order valence-electron chi connectivity index (χ0n) is 11.0. The van der Waals surface area contributed by atoms with Gasteiger partial charge in [0, 0.05) is 5.92 Å². The van der Waals surface area contributed by atoms with E-state index < -0.39 is 5.60 Å². The van der Waals surface area contributed by atoms with Gasteiger partial charge in [-0.25, -0.2) is 0 Å². The number of hydrogen-bond acceptors (Lipinski definition) is 1. The summed E-state index contributed by atoms with van der Waals surface area (Å²) < 4.78 is 0. The van der Waals surface area contributed by atoms with E-state index >= 15 is 0 Å². The lowest BCUT2D eigenvalue weighted by atomic mass is 9.82. The highest BCUT2D eigenvalue weighted by Crippen LogP contribution is 2.45. The molecule has 0 fully saturated rings. The predicted octanol–water partition coefficient (Wildman–Crippen LogP) is 3.84. The van der Waals surface area contributed by atoms with Crippen molar-refractivity contribution in [3.63, 3.8) is 0 Å². The molecule has 0 aromatic heterocycles. The summed E-state index contributed by atoms with van der Waals surface area (Å²) in [5.74, 6) is 0.985. The molecule has 0 heterocycles. The molecule has 2 aliphatic carbocycles. The second-order valence-electron chi connectivity index (χ2n) is 6.06. The van der Waals surface area contributed by atoms with Crippen molar-refractivity contribution in [2.45, 2.75) is 59.0 Å². The first-order valence-electron chi connectivity index (χ1n) is 6.54. The minimum Gasteiger partial charge on any atom is -0.390 e. The predicted molar refractivity (Wildman–Crippen MR) is 68.2 cm³/mol. The Labute approximate surface area is 99.3 Å². The highest BCUT2D eigenvalue weighted by molar-refractivity contribution is 5.38. The molecule has 0 radical (unpaired) electrons. The van der Waals surface area contributed by atoms with E-state index in [4.69, 9.17) is 0 Å². The lowest BCUT2D eigenvalue weighted by Gasteiger charge is -2.30. The Morgan fingerprint density at radius 3 is 2.69 bits per heavy atom.